The number of hydrogen-bond acceptors (Lipinski definition) is 3. The molecule has 15 heavy (non-hydrogen) atoms. The molecule has 1 aliphatic rings. The van der Waals surface area contributed by atoms with E-state index >= 15 is 0 Å². The molecule has 1 amide bonds. The van der Waals surface area contributed by atoms with Crippen LogP contribution in [0.2, 0.25) is 0 Å². The first-order valence-corrected chi connectivity index (χ1v) is 6.04. The molecular formula is C11H21NO2S. The van der Waals surface area contributed by atoms with Crippen molar-refractivity contribution in [3.05, 3.63) is 0 Å². The van der Waals surface area contributed by atoms with Crippen molar-refractivity contribution >= 4 is 18.5 Å². The number of thiol groups is 1. The molecule has 4 heteroatoms. The lowest BCUT2D eigenvalue weighted by Crippen LogP contribution is -2.43. The van der Waals surface area contributed by atoms with Gasteiger partial charge >= 0.3 is 0 Å². The fourth-order valence-corrected chi connectivity index (χ4v) is 2.03. The van der Waals surface area contributed by atoms with E-state index in [4.69, 9.17) is 5.11 Å². The summed E-state index contributed by atoms with van der Waals surface area (Å²) >= 11 is 4.31. The fraction of sp³-hybridized carbons (Fsp3) is 0.909. The van der Waals surface area contributed by atoms with Gasteiger partial charge in [0.2, 0.25) is 5.91 Å². The Kier molecular flexibility index (Phi) is 4.46. The third-order valence-corrected chi connectivity index (χ3v) is 3.82. The Morgan fingerprint density at radius 1 is 1.53 bits per heavy atom. The summed E-state index contributed by atoms with van der Waals surface area (Å²) in [7, 11) is 1.82. The van der Waals surface area contributed by atoms with Gasteiger partial charge in [-0.3, -0.25) is 4.79 Å². The van der Waals surface area contributed by atoms with Crippen molar-refractivity contribution in [2.75, 3.05) is 13.6 Å². The second-order valence-corrected chi connectivity index (χ2v) is 5.46. The second kappa shape index (κ2) is 5.21. The molecule has 1 rings (SSSR count). The molecule has 1 aliphatic carbocycles. The predicted octanol–water partition coefficient (Wildman–Crippen LogP) is 1.17. The van der Waals surface area contributed by atoms with Crippen molar-refractivity contribution in [3.63, 3.8) is 0 Å². The summed E-state index contributed by atoms with van der Waals surface area (Å²) in [4.78, 5) is 13.6. The van der Waals surface area contributed by atoms with Gasteiger partial charge in [0, 0.05) is 13.6 Å². The lowest BCUT2D eigenvalue weighted by atomic mass is 9.82. The maximum absolute atomic E-state index is 11.8. The van der Waals surface area contributed by atoms with Gasteiger partial charge in [0.15, 0.2) is 0 Å². The van der Waals surface area contributed by atoms with E-state index in [0.717, 1.165) is 19.4 Å². The van der Waals surface area contributed by atoms with Gasteiger partial charge in [0.1, 0.15) is 0 Å². The molecule has 0 saturated heterocycles. The first kappa shape index (κ1) is 12.8. The van der Waals surface area contributed by atoms with Crippen LogP contribution in [0, 0.1) is 11.8 Å². The number of nitrogens with zero attached hydrogens (tertiary/aromatic N) is 1. The molecule has 0 bridgehead atoms. The van der Waals surface area contributed by atoms with Crippen LogP contribution in [0.15, 0.2) is 0 Å². The van der Waals surface area contributed by atoms with Crippen molar-refractivity contribution in [1.29, 1.82) is 0 Å². The first-order valence-electron chi connectivity index (χ1n) is 5.53. The average Bonchev–Trinajstić information content (AvgIpc) is 2.12. The summed E-state index contributed by atoms with van der Waals surface area (Å²) in [5.41, 5.74) is 0. The van der Waals surface area contributed by atoms with Gasteiger partial charge in [-0.25, -0.2) is 0 Å². The van der Waals surface area contributed by atoms with E-state index < -0.39 is 0 Å². The van der Waals surface area contributed by atoms with E-state index in [1.165, 1.54) is 0 Å². The molecule has 1 fully saturated rings. The van der Waals surface area contributed by atoms with Gasteiger partial charge < -0.3 is 10.0 Å². The number of carbonyl (C=O) groups excluding carboxylic acids is 1. The molecule has 1 atom stereocenters. The highest BCUT2D eigenvalue weighted by atomic mass is 32.1. The van der Waals surface area contributed by atoms with Gasteiger partial charge in [0.05, 0.1) is 11.4 Å². The Balaban J connectivity index is 2.33. The molecule has 0 aliphatic heterocycles. The average molecular weight is 231 g/mol. The van der Waals surface area contributed by atoms with E-state index in [9.17, 15) is 4.79 Å². The van der Waals surface area contributed by atoms with E-state index in [0.29, 0.717) is 5.92 Å². The molecule has 0 aromatic rings. The third-order valence-electron chi connectivity index (χ3n) is 3.00. The zero-order chi connectivity index (χ0) is 11.6. The van der Waals surface area contributed by atoms with Gasteiger partial charge in [0.25, 0.3) is 0 Å². The molecule has 0 heterocycles. The molecular weight excluding hydrogens is 210 g/mol. The van der Waals surface area contributed by atoms with Crippen molar-refractivity contribution in [1.82, 2.24) is 4.90 Å². The van der Waals surface area contributed by atoms with Crippen LogP contribution in [0.4, 0.5) is 0 Å². The van der Waals surface area contributed by atoms with Crippen molar-refractivity contribution in [2.45, 2.75) is 38.0 Å². The van der Waals surface area contributed by atoms with Crippen LogP contribution in [0.1, 0.15) is 26.7 Å². The monoisotopic (exact) mass is 231 g/mol. The molecule has 3 nitrogen and oxygen atoms in total. The van der Waals surface area contributed by atoms with Gasteiger partial charge in [-0.15, -0.1) is 0 Å². The molecule has 88 valence electrons. The Bertz CT molecular complexity index is 227. The maximum Gasteiger partial charge on any atom is 0.235 e. The maximum atomic E-state index is 11.8. The molecule has 1 N–H and O–H groups in total. The van der Waals surface area contributed by atoms with Crippen LogP contribution in [0.25, 0.3) is 0 Å². The quantitative estimate of drug-likeness (QED) is 0.713. The van der Waals surface area contributed by atoms with E-state index in [2.05, 4.69) is 12.6 Å². The molecule has 1 unspecified atom stereocenters. The first-order chi connectivity index (χ1) is 6.91. The zero-order valence-electron chi connectivity index (χ0n) is 9.68. The number of rotatable bonds is 4. The minimum atomic E-state index is -0.208. The SMILES string of the molecule is CC(C)C(S)C(=O)N(C)CC1CC(O)C1. The van der Waals surface area contributed by atoms with Gasteiger partial charge in [-0.05, 0) is 24.7 Å². The van der Waals surface area contributed by atoms with E-state index in [-0.39, 0.29) is 23.2 Å². The summed E-state index contributed by atoms with van der Waals surface area (Å²) in [6.07, 6.45) is 1.52. The summed E-state index contributed by atoms with van der Waals surface area (Å²) < 4.78 is 0. The second-order valence-electron chi connectivity index (χ2n) is 4.90. The highest BCUT2D eigenvalue weighted by molar-refractivity contribution is 7.81. The Labute approximate surface area is 97.3 Å². The minimum Gasteiger partial charge on any atom is -0.393 e. The number of aliphatic hydroxyl groups is 1. The fourth-order valence-electron chi connectivity index (χ4n) is 1.84. The van der Waals surface area contributed by atoms with Crippen LogP contribution in [0.5, 0.6) is 0 Å². The lowest BCUT2D eigenvalue weighted by molar-refractivity contribution is -0.131. The zero-order valence-corrected chi connectivity index (χ0v) is 10.6. The third kappa shape index (κ3) is 3.38. The Morgan fingerprint density at radius 3 is 2.47 bits per heavy atom. The number of carbonyl (C=O) groups is 1. The largest absolute Gasteiger partial charge is 0.393 e. The molecule has 0 aromatic heterocycles. The molecule has 0 spiro atoms. The van der Waals surface area contributed by atoms with Crippen molar-refractivity contribution in [3.8, 4) is 0 Å². The summed E-state index contributed by atoms with van der Waals surface area (Å²) in [6.45, 7) is 4.74. The topological polar surface area (TPSA) is 40.5 Å². The minimum absolute atomic E-state index is 0.0923. The Morgan fingerprint density at radius 2 is 2.07 bits per heavy atom. The molecule has 0 aromatic carbocycles. The standard InChI is InChI=1S/C11H21NO2S/c1-7(2)10(15)11(14)12(3)6-8-4-9(13)5-8/h7-10,13,15H,4-6H2,1-3H3. The Hall–Kier alpha value is -0.220. The van der Waals surface area contributed by atoms with Crippen molar-refractivity contribution in [2.24, 2.45) is 11.8 Å². The van der Waals surface area contributed by atoms with Crippen LogP contribution in [0.3, 0.4) is 0 Å². The normalized spacial score (nSPS) is 27.3. The lowest BCUT2D eigenvalue weighted by Gasteiger charge is -2.35. The number of amides is 1. The molecule has 1 saturated carbocycles. The van der Waals surface area contributed by atoms with Crippen LogP contribution in [-0.2, 0) is 4.79 Å². The van der Waals surface area contributed by atoms with Crippen molar-refractivity contribution < 1.29 is 9.90 Å². The summed E-state index contributed by atoms with van der Waals surface area (Å²) in [5, 5.41) is 8.94. The van der Waals surface area contributed by atoms with Crippen LogP contribution >= 0.6 is 12.6 Å². The summed E-state index contributed by atoms with van der Waals surface area (Å²) in [6, 6.07) is 0. The number of hydrogen-bond donors (Lipinski definition) is 2. The highest BCUT2D eigenvalue weighted by Crippen LogP contribution is 2.28. The van der Waals surface area contributed by atoms with E-state index in [1.54, 1.807) is 4.90 Å². The molecule has 0 radical (unpaired) electrons. The smallest absolute Gasteiger partial charge is 0.235 e. The highest BCUT2D eigenvalue weighted by Gasteiger charge is 2.30. The van der Waals surface area contributed by atoms with E-state index in [1.807, 2.05) is 20.9 Å². The van der Waals surface area contributed by atoms with Gasteiger partial charge in [-0.1, -0.05) is 13.8 Å². The number of aliphatic hydroxyl groups excluding tert-OH is 1. The predicted molar refractivity (Wildman–Crippen MR) is 64.0 cm³/mol. The summed E-state index contributed by atoms with van der Waals surface area (Å²) in [5.74, 6) is 0.826. The van der Waals surface area contributed by atoms with Crippen LogP contribution < -0.4 is 0 Å². The van der Waals surface area contributed by atoms with Crippen LogP contribution in [-0.4, -0.2) is 40.9 Å². The van der Waals surface area contributed by atoms with Gasteiger partial charge in [-0.2, -0.15) is 12.6 Å².